The van der Waals surface area contributed by atoms with E-state index >= 15 is 0 Å². The number of aliphatic carboxylic acids is 1. The van der Waals surface area contributed by atoms with Crippen LogP contribution in [0.25, 0.3) is 11.3 Å². The standard InChI is InChI=1S/C19H22N6O2S/c1-19(20)5-7-25(8-6-19)18-23-16-17(24-18)22-14(11-21-16)28-13-4-2-3-12(9-13)10-15(26)27/h2-4,9,11H,5-8,10,20H2,1H3,(H,26,27)(H,21,22,23,24). The van der Waals surface area contributed by atoms with Gasteiger partial charge in [-0.25, -0.2) is 9.97 Å². The normalized spacial score (nSPS) is 16.4. The maximum absolute atomic E-state index is 10.9. The highest BCUT2D eigenvalue weighted by molar-refractivity contribution is 7.99. The lowest BCUT2D eigenvalue weighted by atomic mass is 9.91. The Hall–Kier alpha value is -2.65. The molecule has 3 aromatic rings. The van der Waals surface area contributed by atoms with Crippen molar-refractivity contribution in [2.75, 3.05) is 18.0 Å². The number of aromatic amines is 1. The molecule has 4 rings (SSSR count). The van der Waals surface area contributed by atoms with E-state index in [1.807, 2.05) is 18.2 Å². The summed E-state index contributed by atoms with van der Waals surface area (Å²) in [6, 6.07) is 7.44. The Morgan fingerprint density at radius 3 is 2.89 bits per heavy atom. The summed E-state index contributed by atoms with van der Waals surface area (Å²) in [5.74, 6) is -0.0721. The number of aromatic nitrogens is 4. The largest absolute Gasteiger partial charge is 0.481 e. The summed E-state index contributed by atoms with van der Waals surface area (Å²) in [7, 11) is 0. The van der Waals surface area contributed by atoms with E-state index in [0.717, 1.165) is 47.4 Å². The van der Waals surface area contributed by atoms with Crippen molar-refractivity contribution in [3.05, 3.63) is 36.0 Å². The number of nitrogens with zero attached hydrogens (tertiary/aromatic N) is 4. The molecule has 0 unspecified atom stereocenters. The summed E-state index contributed by atoms with van der Waals surface area (Å²) in [5, 5.41) is 9.68. The van der Waals surface area contributed by atoms with Crippen molar-refractivity contribution in [2.24, 2.45) is 5.73 Å². The number of nitrogens with two attached hydrogens (primary N) is 1. The second-order valence-electron chi connectivity index (χ2n) is 7.40. The number of carbonyl (C=O) groups is 1. The quantitative estimate of drug-likeness (QED) is 0.599. The fraction of sp³-hybridized carbons (Fsp3) is 0.368. The zero-order valence-corrected chi connectivity index (χ0v) is 16.4. The minimum absolute atomic E-state index is 0.000697. The van der Waals surface area contributed by atoms with Crippen LogP contribution in [0, 0.1) is 0 Å². The van der Waals surface area contributed by atoms with Crippen LogP contribution in [0.1, 0.15) is 25.3 Å². The predicted octanol–water partition coefficient (Wildman–Crippen LogP) is 2.45. The first-order chi connectivity index (χ1) is 13.4. The fourth-order valence-electron chi connectivity index (χ4n) is 3.21. The molecule has 1 fully saturated rings. The number of hydrogen-bond acceptors (Lipinski definition) is 7. The third-order valence-electron chi connectivity index (χ3n) is 4.85. The SMILES string of the molecule is CC1(N)CCN(c2nc3ncc(Sc4cccc(CC(=O)O)c4)nc3[nH]2)CC1. The Morgan fingerprint density at radius 1 is 1.36 bits per heavy atom. The molecule has 0 saturated carbocycles. The van der Waals surface area contributed by atoms with Gasteiger partial charge in [0.15, 0.2) is 11.3 Å². The van der Waals surface area contributed by atoms with Crippen LogP contribution >= 0.6 is 11.8 Å². The molecular formula is C19H22N6O2S. The summed E-state index contributed by atoms with van der Waals surface area (Å²) in [5.41, 5.74) is 8.07. The van der Waals surface area contributed by atoms with Gasteiger partial charge in [-0.1, -0.05) is 23.9 Å². The minimum Gasteiger partial charge on any atom is -0.481 e. The number of carboxylic acid groups (broad SMARTS) is 1. The molecule has 1 aliphatic rings. The van der Waals surface area contributed by atoms with Gasteiger partial charge in [-0.05, 0) is 37.5 Å². The lowest BCUT2D eigenvalue weighted by Gasteiger charge is -2.36. The van der Waals surface area contributed by atoms with E-state index in [2.05, 4.69) is 31.8 Å². The number of H-pyrrole nitrogens is 1. The molecule has 8 nitrogen and oxygen atoms in total. The van der Waals surface area contributed by atoms with Crippen molar-refractivity contribution in [1.29, 1.82) is 0 Å². The molecule has 0 spiro atoms. The van der Waals surface area contributed by atoms with E-state index in [-0.39, 0.29) is 12.0 Å². The van der Waals surface area contributed by atoms with Crippen LogP contribution in [0.3, 0.4) is 0 Å². The average Bonchev–Trinajstić information content (AvgIpc) is 3.04. The van der Waals surface area contributed by atoms with Gasteiger partial charge in [-0.2, -0.15) is 4.98 Å². The molecule has 1 aliphatic heterocycles. The van der Waals surface area contributed by atoms with Crippen molar-refractivity contribution in [1.82, 2.24) is 19.9 Å². The van der Waals surface area contributed by atoms with Gasteiger partial charge in [-0.15, -0.1) is 0 Å². The molecule has 1 aromatic carbocycles. The van der Waals surface area contributed by atoms with Gasteiger partial charge in [-0.3, -0.25) is 4.79 Å². The number of rotatable bonds is 5. The minimum atomic E-state index is -0.846. The second kappa shape index (κ2) is 7.40. The van der Waals surface area contributed by atoms with E-state index in [1.54, 1.807) is 12.3 Å². The van der Waals surface area contributed by atoms with E-state index in [1.165, 1.54) is 11.8 Å². The molecule has 0 radical (unpaired) electrons. The maximum Gasteiger partial charge on any atom is 0.307 e. The number of anilines is 1. The molecule has 0 bridgehead atoms. The van der Waals surface area contributed by atoms with Crippen LogP contribution < -0.4 is 10.6 Å². The van der Waals surface area contributed by atoms with Gasteiger partial charge in [0.25, 0.3) is 0 Å². The number of carboxylic acids is 1. The first-order valence-electron chi connectivity index (χ1n) is 9.13. The van der Waals surface area contributed by atoms with E-state index in [0.29, 0.717) is 11.3 Å². The number of hydrogen-bond donors (Lipinski definition) is 3. The highest BCUT2D eigenvalue weighted by Crippen LogP contribution is 2.28. The fourth-order valence-corrected chi connectivity index (χ4v) is 4.05. The van der Waals surface area contributed by atoms with Crippen LogP contribution in [-0.4, -0.2) is 49.6 Å². The number of nitrogens with one attached hydrogen (secondary N) is 1. The van der Waals surface area contributed by atoms with Gasteiger partial charge in [0, 0.05) is 23.5 Å². The van der Waals surface area contributed by atoms with Crippen molar-refractivity contribution >= 4 is 35.0 Å². The molecule has 3 heterocycles. The van der Waals surface area contributed by atoms with Crippen LogP contribution in [-0.2, 0) is 11.2 Å². The summed E-state index contributed by atoms with van der Waals surface area (Å²) in [6.07, 6.45) is 3.52. The first kappa shape index (κ1) is 18.7. The van der Waals surface area contributed by atoms with E-state index in [4.69, 9.17) is 10.8 Å². The molecular weight excluding hydrogens is 376 g/mol. The van der Waals surface area contributed by atoms with Crippen molar-refractivity contribution < 1.29 is 9.90 Å². The molecule has 0 atom stereocenters. The van der Waals surface area contributed by atoms with Crippen molar-refractivity contribution in [3.8, 4) is 0 Å². The molecule has 1 saturated heterocycles. The molecule has 28 heavy (non-hydrogen) atoms. The van der Waals surface area contributed by atoms with E-state index in [9.17, 15) is 4.79 Å². The van der Waals surface area contributed by atoms with Gasteiger partial charge >= 0.3 is 5.97 Å². The summed E-state index contributed by atoms with van der Waals surface area (Å²) < 4.78 is 0. The Bertz CT molecular complexity index is 1010. The van der Waals surface area contributed by atoms with Crippen molar-refractivity contribution in [2.45, 2.75) is 41.6 Å². The van der Waals surface area contributed by atoms with Crippen LogP contribution in [0.15, 0.2) is 40.4 Å². The van der Waals surface area contributed by atoms with Crippen LogP contribution in [0.4, 0.5) is 5.95 Å². The van der Waals surface area contributed by atoms with Gasteiger partial charge in [0.05, 0.1) is 12.6 Å². The Labute approximate surface area is 166 Å². The van der Waals surface area contributed by atoms with E-state index < -0.39 is 5.97 Å². The molecule has 4 N–H and O–H groups in total. The Kier molecular flexibility index (Phi) is 4.94. The third kappa shape index (κ3) is 4.26. The molecule has 9 heteroatoms. The van der Waals surface area contributed by atoms with Crippen molar-refractivity contribution in [3.63, 3.8) is 0 Å². The lowest BCUT2D eigenvalue weighted by Crippen LogP contribution is -2.48. The molecule has 146 valence electrons. The van der Waals surface area contributed by atoms with Gasteiger partial charge < -0.3 is 20.7 Å². The summed E-state index contributed by atoms with van der Waals surface area (Å²) in [4.78, 5) is 30.9. The monoisotopic (exact) mass is 398 g/mol. The molecule has 0 aliphatic carbocycles. The average molecular weight is 398 g/mol. The number of fused-ring (bicyclic) bond motifs is 1. The predicted molar refractivity (Wildman–Crippen MR) is 108 cm³/mol. The zero-order chi connectivity index (χ0) is 19.7. The van der Waals surface area contributed by atoms with Crippen LogP contribution in [0.2, 0.25) is 0 Å². The Morgan fingerprint density at radius 2 is 2.14 bits per heavy atom. The topological polar surface area (TPSA) is 121 Å². The highest BCUT2D eigenvalue weighted by atomic mass is 32.2. The van der Waals surface area contributed by atoms with Gasteiger partial charge in [0.2, 0.25) is 5.95 Å². The summed E-state index contributed by atoms with van der Waals surface area (Å²) >= 11 is 1.44. The maximum atomic E-state index is 10.9. The molecule has 2 aromatic heterocycles. The third-order valence-corrected chi connectivity index (χ3v) is 5.75. The second-order valence-corrected chi connectivity index (χ2v) is 8.50. The lowest BCUT2D eigenvalue weighted by molar-refractivity contribution is -0.136. The van der Waals surface area contributed by atoms with Gasteiger partial charge in [0.1, 0.15) is 5.03 Å². The highest BCUT2D eigenvalue weighted by Gasteiger charge is 2.27. The number of piperidine rings is 1. The molecule has 0 amide bonds. The number of imidazole rings is 1. The first-order valence-corrected chi connectivity index (χ1v) is 9.95. The summed E-state index contributed by atoms with van der Waals surface area (Å²) in [6.45, 7) is 3.79. The number of benzene rings is 1. The Balaban J connectivity index is 1.51. The van der Waals surface area contributed by atoms with Crippen LogP contribution in [0.5, 0.6) is 0 Å². The smallest absolute Gasteiger partial charge is 0.307 e. The zero-order valence-electron chi connectivity index (χ0n) is 15.6.